The summed E-state index contributed by atoms with van der Waals surface area (Å²) in [4.78, 5) is 14.2. The molecule has 0 aliphatic rings. The molecule has 0 bridgehead atoms. The van der Waals surface area contributed by atoms with Gasteiger partial charge in [-0.15, -0.1) is 0 Å². The first kappa shape index (κ1) is 11.8. The van der Waals surface area contributed by atoms with E-state index in [1.54, 1.807) is 18.5 Å². The average molecular weight is 229 g/mol. The van der Waals surface area contributed by atoms with Crippen LogP contribution in [-0.2, 0) is 10.8 Å². The molecule has 0 saturated heterocycles. The van der Waals surface area contributed by atoms with E-state index in [9.17, 15) is 9.00 Å². The Bertz CT molecular complexity index is 362. The van der Waals surface area contributed by atoms with Crippen molar-refractivity contribution in [1.29, 1.82) is 0 Å². The van der Waals surface area contributed by atoms with Gasteiger partial charge in [0.1, 0.15) is 5.69 Å². The number of nitrogens with two attached hydrogens (primary N) is 1. The van der Waals surface area contributed by atoms with Gasteiger partial charge in [0.15, 0.2) is 0 Å². The molecule has 0 fully saturated rings. The second-order valence-electron chi connectivity index (χ2n) is 3.23. The van der Waals surface area contributed by atoms with Crippen molar-refractivity contribution in [2.45, 2.75) is 6.42 Å². The van der Waals surface area contributed by atoms with Gasteiger partial charge >= 0.3 is 0 Å². The second kappa shape index (κ2) is 5.55. The van der Waals surface area contributed by atoms with Crippen molar-refractivity contribution in [3.8, 4) is 0 Å². The number of aromatic nitrogens is 1. The summed E-state index contributed by atoms with van der Waals surface area (Å²) < 4.78 is 10.7. The van der Waals surface area contributed by atoms with E-state index >= 15 is 0 Å². The fraction of sp³-hybridized carbons (Fsp3) is 0.444. The summed E-state index contributed by atoms with van der Waals surface area (Å²) in [6.07, 6.45) is 3.93. The van der Waals surface area contributed by atoms with Crippen LogP contribution in [0.15, 0.2) is 12.3 Å². The fourth-order valence-corrected chi connectivity index (χ4v) is 1.67. The summed E-state index contributed by atoms with van der Waals surface area (Å²) in [5.74, 6) is 0.418. The first-order valence-electron chi connectivity index (χ1n) is 4.61. The number of aromatic amines is 1. The minimum atomic E-state index is -0.800. The number of hydrogen-bond donors (Lipinski definition) is 3. The van der Waals surface area contributed by atoms with Crippen molar-refractivity contribution < 1.29 is 9.00 Å². The van der Waals surface area contributed by atoms with E-state index in [1.807, 2.05) is 0 Å². The Balaban J connectivity index is 2.28. The molecule has 1 atom stereocenters. The molecule has 0 aromatic carbocycles. The Morgan fingerprint density at radius 2 is 2.40 bits per heavy atom. The summed E-state index contributed by atoms with van der Waals surface area (Å²) in [5, 5.41) is 2.71. The maximum absolute atomic E-state index is 11.4. The second-order valence-corrected chi connectivity index (χ2v) is 4.79. The highest BCUT2D eigenvalue weighted by atomic mass is 32.2. The molecule has 4 N–H and O–H groups in total. The lowest BCUT2D eigenvalue weighted by molar-refractivity contribution is 0.0949. The molecular weight excluding hydrogens is 214 g/mol. The van der Waals surface area contributed by atoms with Crippen LogP contribution >= 0.6 is 0 Å². The SMILES string of the molecule is CS(=O)CCCNC(=O)c1cc(N)c[nH]1. The molecule has 84 valence electrons. The number of rotatable bonds is 5. The predicted molar refractivity (Wildman–Crippen MR) is 61.1 cm³/mol. The van der Waals surface area contributed by atoms with Crippen LogP contribution < -0.4 is 11.1 Å². The Morgan fingerprint density at radius 1 is 1.67 bits per heavy atom. The lowest BCUT2D eigenvalue weighted by Crippen LogP contribution is -2.25. The molecule has 1 heterocycles. The van der Waals surface area contributed by atoms with Crippen molar-refractivity contribution >= 4 is 22.4 Å². The number of carbonyl (C=O) groups is 1. The Hall–Kier alpha value is -1.30. The van der Waals surface area contributed by atoms with Gasteiger partial charge in [0.2, 0.25) is 0 Å². The van der Waals surface area contributed by atoms with Crippen LogP contribution in [0.1, 0.15) is 16.9 Å². The number of anilines is 1. The minimum Gasteiger partial charge on any atom is -0.397 e. The van der Waals surface area contributed by atoms with Crippen LogP contribution in [0.3, 0.4) is 0 Å². The highest BCUT2D eigenvalue weighted by molar-refractivity contribution is 7.84. The largest absolute Gasteiger partial charge is 0.397 e. The summed E-state index contributed by atoms with van der Waals surface area (Å²) >= 11 is 0. The van der Waals surface area contributed by atoms with Gasteiger partial charge in [0, 0.05) is 41.2 Å². The summed E-state index contributed by atoms with van der Waals surface area (Å²) in [6.45, 7) is 0.525. The molecule has 0 radical (unpaired) electrons. The third kappa shape index (κ3) is 4.16. The number of carbonyl (C=O) groups excluding carboxylic acids is 1. The van der Waals surface area contributed by atoms with Gasteiger partial charge in [-0.2, -0.15) is 0 Å². The number of nitrogens with one attached hydrogen (secondary N) is 2. The van der Waals surface area contributed by atoms with Crippen molar-refractivity contribution in [1.82, 2.24) is 10.3 Å². The molecule has 1 rings (SSSR count). The molecule has 1 unspecified atom stereocenters. The lowest BCUT2D eigenvalue weighted by Gasteiger charge is -2.02. The minimum absolute atomic E-state index is 0.186. The number of H-pyrrole nitrogens is 1. The third-order valence-corrected chi connectivity index (χ3v) is 2.71. The molecule has 1 amide bonds. The van der Waals surface area contributed by atoms with Crippen LogP contribution in [0.4, 0.5) is 5.69 Å². The van der Waals surface area contributed by atoms with Crippen LogP contribution in [0.2, 0.25) is 0 Å². The zero-order chi connectivity index (χ0) is 11.3. The summed E-state index contributed by atoms with van der Waals surface area (Å²) in [6, 6.07) is 1.58. The maximum Gasteiger partial charge on any atom is 0.267 e. The van der Waals surface area contributed by atoms with E-state index < -0.39 is 10.8 Å². The molecular formula is C9H15N3O2S. The quantitative estimate of drug-likeness (QED) is 0.625. The van der Waals surface area contributed by atoms with Gasteiger partial charge in [-0.25, -0.2) is 0 Å². The Labute approximate surface area is 90.9 Å². The monoisotopic (exact) mass is 229 g/mol. The maximum atomic E-state index is 11.4. The van der Waals surface area contributed by atoms with Gasteiger partial charge in [0.25, 0.3) is 5.91 Å². The molecule has 6 heteroatoms. The van der Waals surface area contributed by atoms with Gasteiger partial charge < -0.3 is 16.0 Å². The van der Waals surface area contributed by atoms with Crippen LogP contribution in [0.5, 0.6) is 0 Å². The highest BCUT2D eigenvalue weighted by Gasteiger charge is 2.06. The number of hydrogen-bond acceptors (Lipinski definition) is 3. The van der Waals surface area contributed by atoms with E-state index in [0.717, 1.165) is 0 Å². The van der Waals surface area contributed by atoms with E-state index in [0.29, 0.717) is 30.1 Å². The Morgan fingerprint density at radius 3 is 2.93 bits per heavy atom. The van der Waals surface area contributed by atoms with E-state index in [1.165, 1.54) is 0 Å². The van der Waals surface area contributed by atoms with Gasteiger partial charge in [-0.05, 0) is 12.5 Å². The summed E-state index contributed by atoms with van der Waals surface area (Å²) in [5.41, 5.74) is 6.45. The average Bonchev–Trinajstić information content (AvgIpc) is 2.59. The van der Waals surface area contributed by atoms with Crippen molar-refractivity contribution in [2.75, 3.05) is 24.3 Å². The van der Waals surface area contributed by atoms with Gasteiger partial charge in [0.05, 0.1) is 0 Å². The topological polar surface area (TPSA) is 88.0 Å². The predicted octanol–water partition coefficient (Wildman–Crippen LogP) is 0.0953. The molecule has 15 heavy (non-hydrogen) atoms. The first-order chi connectivity index (χ1) is 7.09. The molecule has 0 spiro atoms. The molecule has 0 aliphatic carbocycles. The van der Waals surface area contributed by atoms with E-state index in [4.69, 9.17) is 5.73 Å². The normalized spacial score (nSPS) is 12.3. The lowest BCUT2D eigenvalue weighted by atomic mass is 10.3. The first-order valence-corrected chi connectivity index (χ1v) is 6.34. The molecule has 1 aromatic rings. The third-order valence-electron chi connectivity index (χ3n) is 1.84. The van der Waals surface area contributed by atoms with Crippen molar-refractivity contribution in [3.05, 3.63) is 18.0 Å². The van der Waals surface area contributed by atoms with E-state index in [-0.39, 0.29) is 5.91 Å². The molecule has 1 aromatic heterocycles. The molecule has 0 saturated carbocycles. The zero-order valence-corrected chi connectivity index (χ0v) is 9.39. The number of nitrogen functional groups attached to an aromatic ring is 1. The fourth-order valence-electron chi connectivity index (χ4n) is 1.11. The van der Waals surface area contributed by atoms with Crippen LogP contribution in [-0.4, -0.2) is 33.7 Å². The molecule has 5 nitrogen and oxygen atoms in total. The summed E-state index contributed by atoms with van der Waals surface area (Å²) in [7, 11) is -0.800. The Kier molecular flexibility index (Phi) is 4.36. The highest BCUT2D eigenvalue weighted by Crippen LogP contribution is 2.03. The molecule has 0 aliphatic heterocycles. The van der Waals surface area contributed by atoms with Gasteiger partial charge in [-0.1, -0.05) is 0 Å². The van der Waals surface area contributed by atoms with Crippen molar-refractivity contribution in [3.63, 3.8) is 0 Å². The van der Waals surface area contributed by atoms with E-state index in [2.05, 4.69) is 10.3 Å². The van der Waals surface area contributed by atoms with Gasteiger partial charge in [-0.3, -0.25) is 9.00 Å². The number of amides is 1. The standard InChI is InChI=1S/C9H15N3O2S/c1-15(14)4-2-3-11-9(13)8-5-7(10)6-12-8/h5-6,12H,2-4,10H2,1H3,(H,11,13). The van der Waals surface area contributed by atoms with Crippen molar-refractivity contribution in [2.24, 2.45) is 0 Å². The zero-order valence-electron chi connectivity index (χ0n) is 8.58. The van der Waals surface area contributed by atoms with Crippen LogP contribution in [0.25, 0.3) is 0 Å². The van der Waals surface area contributed by atoms with Crippen LogP contribution in [0, 0.1) is 0 Å². The smallest absolute Gasteiger partial charge is 0.267 e.